The van der Waals surface area contributed by atoms with Crippen LogP contribution in [0.3, 0.4) is 0 Å². The molecule has 0 amide bonds. The third-order valence-electron chi connectivity index (χ3n) is 6.01. The average molecular weight is 393 g/mol. The highest BCUT2D eigenvalue weighted by Crippen LogP contribution is 2.34. The van der Waals surface area contributed by atoms with Crippen LogP contribution in [0.15, 0.2) is 64.8 Å². The van der Waals surface area contributed by atoms with Crippen molar-refractivity contribution in [2.45, 2.75) is 64.7 Å². The summed E-state index contributed by atoms with van der Waals surface area (Å²) in [5, 5.41) is 8.99. The first-order chi connectivity index (χ1) is 14.3. The quantitative estimate of drug-likeness (QED) is 0.241. The minimum absolute atomic E-state index is 0.234. The first-order valence-electron chi connectivity index (χ1n) is 11.2. The van der Waals surface area contributed by atoms with E-state index >= 15 is 0 Å². The Hall–Kier alpha value is -2.29. The van der Waals surface area contributed by atoms with Crippen LogP contribution in [0.2, 0.25) is 0 Å². The zero-order valence-electron chi connectivity index (χ0n) is 17.6. The molecule has 3 rings (SSSR count). The van der Waals surface area contributed by atoms with E-state index in [1.807, 2.05) is 6.07 Å². The Morgan fingerprint density at radius 1 is 0.931 bits per heavy atom. The Morgan fingerprint density at radius 3 is 2.34 bits per heavy atom. The van der Waals surface area contributed by atoms with Crippen molar-refractivity contribution >= 4 is 11.9 Å². The molecular weight excluding hydrogens is 359 g/mol. The van der Waals surface area contributed by atoms with Crippen molar-refractivity contribution in [2.24, 2.45) is 22.0 Å². The van der Waals surface area contributed by atoms with Crippen molar-refractivity contribution in [3.63, 3.8) is 0 Å². The molecule has 0 saturated heterocycles. The maximum absolute atomic E-state index is 13.1. The number of nitrogens with zero attached hydrogens (tertiary/aromatic N) is 2. The van der Waals surface area contributed by atoms with Crippen molar-refractivity contribution in [1.82, 2.24) is 0 Å². The molecule has 2 aromatic carbocycles. The summed E-state index contributed by atoms with van der Waals surface area (Å²) in [6.07, 6.45) is 13.5. The standard InChI is InChI=1S/C26H33FN2/c1-2-3-4-6-9-21-12-16-24(17-13-21)26(23-10-7-5-8-11-23)29-28-20-22-14-18-25(27)19-15-22/h5,7-8,10-11,14-15,18-21,24H,2-4,6,9,12-13,16-17H2,1H3. The van der Waals surface area contributed by atoms with Gasteiger partial charge in [-0.1, -0.05) is 81.5 Å². The third kappa shape index (κ3) is 6.92. The van der Waals surface area contributed by atoms with Gasteiger partial charge in [0.25, 0.3) is 0 Å². The van der Waals surface area contributed by atoms with E-state index in [4.69, 9.17) is 0 Å². The van der Waals surface area contributed by atoms with Crippen LogP contribution < -0.4 is 0 Å². The Bertz CT molecular complexity index is 772. The number of hydrogen-bond acceptors (Lipinski definition) is 2. The van der Waals surface area contributed by atoms with Gasteiger partial charge in [0, 0.05) is 5.92 Å². The van der Waals surface area contributed by atoms with E-state index in [0.717, 1.165) is 22.8 Å². The number of halogens is 1. The minimum Gasteiger partial charge on any atom is -0.207 e. The summed E-state index contributed by atoms with van der Waals surface area (Å²) >= 11 is 0. The topological polar surface area (TPSA) is 24.7 Å². The van der Waals surface area contributed by atoms with E-state index in [2.05, 4.69) is 41.4 Å². The molecule has 3 heteroatoms. The van der Waals surface area contributed by atoms with Crippen molar-refractivity contribution < 1.29 is 4.39 Å². The van der Waals surface area contributed by atoms with Gasteiger partial charge in [0.05, 0.1) is 11.9 Å². The van der Waals surface area contributed by atoms with E-state index in [0.29, 0.717) is 5.92 Å². The molecule has 1 aliphatic carbocycles. The lowest BCUT2D eigenvalue weighted by Gasteiger charge is -2.29. The lowest BCUT2D eigenvalue weighted by molar-refractivity contribution is 0.298. The molecule has 0 spiro atoms. The molecular formula is C26H33FN2. The van der Waals surface area contributed by atoms with E-state index in [9.17, 15) is 4.39 Å². The molecule has 1 aliphatic rings. The molecule has 1 saturated carbocycles. The van der Waals surface area contributed by atoms with Gasteiger partial charge < -0.3 is 0 Å². The number of rotatable bonds is 9. The second kappa shape index (κ2) is 11.6. The van der Waals surface area contributed by atoms with Crippen LogP contribution in [0.25, 0.3) is 0 Å². The molecule has 0 heterocycles. The van der Waals surface area contributed by atoms with Crippen molar-refractivity contribution in [3.8, 4) is 0 Å². The van der Waals surface area contributed by atoms with Crippen LogP contribution in [0.5, 0.6) is 0 Å². The maximum Gasteiger partial charge on any atom is 0.123 e. The predicted molar refractivity (Wildman–Crippen MR) is 121 cm³/mol. The summed E-state index contributed by atoms with van der Waals surface area (Å²) in [5.41, 5.74) is 3.11. The van der Waals surface area contributed by atoms with Gasteiger partial charge in [0.15, 0.2) is 0 Å². The highest BCUT2D eigenvalue weighted by Gasteiger charge is 2.25. The first-order valence-corrected chi connectivity index (χ1v) is 11.2. The van der Waals surface area contributed by atoms with Crippen LogP contribution in [0, 0.1) is 17.7 Å². The van der Waals surface area contributed by atoms with E-state index < -0.39 is 0 Å². The van der Waals surface area contributed by atoms with Gasteiger partial charge in [-0.05, 0) is 54.9 Å². The Kier molecular flexibility index (Phi) is 8.60. The fraction of sp³-hybridized carbons (Fsp3) is 0.462. The molecule has 1 fully saturated rings. The summed E-state index contributed by atoms with van der Waals surface area (Å²) in [6, 6.07) is 16.8. The second-order valence-corrected chi connectivity index (χ2v) is 8.21. The van der Waals surface area contributed by atoms with Crippen molar-refractivity contribution in [2.75, 3.05) is 0 Å². The number of hydrogen-bond donors (Lipinski definition) is 0. The average Bonchev–Trinajstić information content (AvgIpc) is 2.77. The van der Waals surface area contributed by atoms with E-state index in [1.165, 1.54) is 69.9 Å². The lowest BCUT2D eigenvalue weighted by Crippen LogP contribution is -2.22. The molecule has 29 heavy (non-hydrogen) atoms. The van der Waals surface area contributed by atoms with Gasteiger partial charge in [-0.15, -0.1) is 0 Å². The fourth-order valence-corrected chi connectivity index (χ4v) is 4.27. The van der Waals surface area contributed by atoms with Crippen LogP contribution in [0.1, 0.15) is 75.8 Å². The zero-order chi connectivity index (χ0) is 20.3. The van der Waals surface area contributed by atoms with E-state index in [-0.39, 0.29) is 5.82 Å². The first kappa shape index (κ1) is 21.4. The van der Waals surface area contributed by atoms with Crippen molar-refractivity contribution in [1.29, 1.82) is 0 Å². The number of unbranched alkanes of at least 4 members (excludes halogenated alkanes) is 3. The summed E-state index contributed by atoms with van der Waals surface area (Å²) < 4.78 is 13.1. The summed E-state index contributed by atoms with van der Waals surface area (Å²) in [7, 11) is 0. The monoisotopic (exact) mass is 392 g/mol. The SMILES string of the molecule is CCCCCCC1CCC(C(=NN=Cc2ccc(F)cc2)c2ccccc2)CC1. The van der Waals surface area contributed by atoms with Gasteiger partial charge in [0.2, 0.25) is 0 Å². The van der Waals surface area contributed by atoms with Crippen LogP contribution in [0.4, 0.5) is 4.39 Å². The van der Waals surface area contributed by atoms with Gasteiger partial charge in [0.1, 0.15) is 5.82 Å². The summed E-state index contributed by atoms with van der Waals surface area (Å²) in [5.74, 6) is 1.11. The Morgan fingerprint density at radius 2 is 1.66 bits per heavy atom. The van der Waals surface area contributed by atoms with Gasteiger partial charge in [-0.25, -0.2) is 4.39 Å². The number of benzene rings is 2. The largest absolute Gasteiger partial charge is 0.207 e. The predicted octanol–water partition coefficient (Wildman–Crippen LogP) is 7.43. The van der Waals surface area contributed by atoms with Crippen LogP contribution >= 0.6 is 0 Å². The second-order valence-electron chi connectivity index (χ2n) is 8.21. The lowest BCUT2D eigenvalue weighted by atomic mass is 9.76. The molecule has 0 aromatic heterocycles. The molecule has 0 aliphatic heterocycles. The highest BCUT2D eigenvalue weighted by molar-refractivity contribution is 6.02. The zero-order valence-corrected chi connectivity index (χ0v) is 17.6. The molecule has 154 valence electrons. The molecule has 0 bridgehead atoms. The smallest absolute Gasteiger partial charge is 0.123 e. The molecule has 2 aromatic rings. The molecule has 0 radical (unpaired) electrons. The molecule has 0 atom stereocenters. The van der Waals surface area contributed by atoms with Gasteiger partial charge >= 0.3 is 0 Å². The normalized spacial score (nSPS) is 20.3. The highest BCUT2D eigenvalue weighted by atomic mass is 19.1. The van der Waals surface area contributed by atoms with Crippen LogP contribution in [-0.4, -0.2) is 11.9 Å². The Labute approximate surface area is 175 Å². The van der Waals surface area contributed by atoms with E-state index in [1.54, 1.807) is 18.3 Å². The molecule has 0 unspecified atom stereocenters. The summed E-state index contributed by atoms with van der Waals surface area (Å²) in [6.45, 7) is 2.27. The molecule has 0 N–H and O–H groups in total. The summed E-state index contributed by atoms with van der Waals surface area (Å²) in [4.78, 5) is 0. The maximum atomic E-state index is 13.1. The van der Waals surface area contributed by atoms with Gasteiger partial charge in [-0.3, -0.25) is 0 Å². The third-order valence-corrected chi connectivity index (χ3v) is 6.01. The van der Waals surface area contributed by atoms with Crippen molar-refractivity contribution in [3.05, 3.63) is 71.5 Å². The minimum atomic E-state index is -0.234. The fourth-order valence-electron chi connectivity index (χ4n) is 4.27. The molecule has 2 nitrogen and oxygen atoms in total. The van der Waals surface area contributed by atoms with Crippen LogP contribution in [-0.2, 0) is 0 Å². The Balaban J connectivity index is 1.65. The van der Waals surface area contributed by atoms with Gasteiger partial charge in [-0.2, -0.15) is 10.2 Å².